The van der Waals surface area contributed by atoms with E-state index in [0.29, 0.717) is 23.7 Å². The first-order valence-corrected chi connectivity index (χ1v) is 10.4. The van der Waals surface area contributed by atoms with E-state index < -0.39 is 11.7 Å². The number of aromatic nitrogens is 3. The highest BCUT2D eigenvalue weighted by Gasteiger charge is 2.30. The van der Waals surface area contributed by atoms with Crippen LogP contribution >= 0.6 is 0 Å². The molecule has 2 aromatic heterocycles. The molecule has 2 heterocycles. The zero-order valence-corrected chi connectivity index (χ0v) is 17.4. The lowest BCUT2D eigenvalue weighted by Gasteiger charge is -2.11. The van der Waals surface area contributed by atoms with Crippen LogP contribution in [0.4, 0.5) is 19.0 Å². The lowest BCUT2D eigenvalue weighted by atomic mass is 10.1. The van der Waals surface area contributed by atoms with Crippen molar-refractivity contribution in [1.82, 2.24) is 14.5 Å². The predicted molar refractivity (Wildman–Crippen MR) is 123 cm³/mol. The van der Waals surface area contributed by atoms with Crippen molar-refractivity contribution in [2.24, 2.45) is 0 Å². The zero-order chi connectivity index (χ0) is 22.8. The maximum atomic E-state index is 13.3. The second kappa shape index (κ2) is 8.43. The average molecular weight is 444 g/mol. The van der Waals surface area contributed by atoms with Crippen LogP contribution in [-0.4, -0.2) is 14.5 Å². The van der Waals surface area contributed by atoms with Crippen molar-refractivity contribution in [3.63, 3.8) is 0 Å². The van der Waals surface area contributed by atoms with Crippen molar-refractivity contribution in [2.45, 2.75) is 12.7 Å². The third-order valence-electron chi connectivity index (χ3n) is 5.42. The number of benzene rings is 3. The highest BCUT2D eigenvalue weighted by molar-refractivity contribution is 6.02. The van der Waals surface area contributed by atoms with Crippen molar-refractivity contribution in [3.8, 4) is 16.8 Å². The molecule has 5 aromatic rings. The molecule has 0 aliphatic heterocycles. The van der Waals surface area contributed by atoms with Crippen molar-refractivity contribution >= 4 is 16.9 Å². The molecular weight excluding hydrogens is 425 g/mol. The summed E-state index contributed by atoms with van der Waals surface area (Å²) < 4.78 is 41.7. The van der Waals surface area contributed by atoms with Crippen LogP contribution in [0.15, 0.2) is 97.5 Å². The molecule has 0 bridgehead atoms. The molecule has 0 atom stereocenters. The van der Waals surface area contributed by atoms with Crippen LogP contribution in [0.2, 0.25) is 0 Å². The Morgan fingerprint density at radius 3 is 2.27 bits per heavy atom. The van der Waals surface area contributed by atoms with Crippen LogP contribution in [0.25, 0.3) is 27.8 Å². The van der Waals surface area contributed by atoms with Gasteiger partial charge in [0.1, 0.15) is 12.1 Å². The molecule has 0 aliphatic rings. The lowest BCUT2D eigenvalue weighted by molar-refractivity contribution is -0.137. The Labute approximate surface area is 188 Å². The van der Waals surface area contributed by atoms with Crippen LogP contribution in [0.1, 0.15) is 11.1 Å². The number of anilines is 1. The van der Waals surface area contributed by atoms with E-state index in [4.69, 9.17) is 0 Å². The SMILES string of the molecule is FC(F)(F)c1cccc(-n2cc(-c3ccccc3)c3c(NCc4ccccc4)ncnc32)c1. The van der Waals surface area contributed by atoms with Crippen molar-refractivity contribution < 1.29 is 13.2 Å². The van der Waals surface area contributed by atoms with Crippen molar-refractivity contribution in [2.75, 3.05) is 5.32 Å². The van der Waals surface area contributed by atoms with Gasteiger partial charge in [0.25, 0.3) is 0 Å². The van der Waals surface area contributed by atoms with Crippen LogP contribution < -0.4 is 5.32 Å². The second-order valence-corrected chi connectivity index (χ2v) is 7.59. The molecule has 164 valence electrons. The van der Waals surface area contributed by atoms with E-state index in [9.17, 15) is 13.2 Å². The molecule has 0 saturated heterocycles. The molecule has 7 heteroatoms. The van der Waals surface area contributed by atoms with Crippen molar-refractivity contribution in [1.29, 1.82) is 0 Å². The molecule has 3 aromatic carbocycles. The first-order valence-electron chi connectivity index (χ1n) is 10.4. The van der Waals surface area contributed by atoms with Gasteiger partial charge in [-0.2, -0.15) is 13.2 Å². The van der Waals surface area contributed by atoms with Crippen LogP contribution in [0.5, 0.6) is 0 Å². The van der Waals surface area contributed by atoms with E-state index in [-0.39, 0.29) is 0 Å². The molecular formula is C26H19F3N4. The predicted octanol–water partition coefficient (Wildman–Crippen LogP) is 6.72. The standard InChI is InChI=1S/C26H19F3N4/c27-26(28,29)20-12-7-13-21(14-20)33-16-22(19-10-5-2-6-11-19)23-24(31-17-32-25(23)33)30-15-18-8-3-1-4-9-18/h1-14,16-17H,15H2,(H,30,31,32). The number of nitrogens with one attached hydrogen (secondary N) is 1. The minimum absolute atomic E-state index is 0.379. The Hall–Kier alpha value is -4.13. The van der Waals surface area contributed by atoms with Gasteiger partial charge < -0.3 is 9.88 Å². The summed E-state index contributed by atoms with van der Waals surface area (Å²) >= 11 is 0. The van der Waals surface area contributed by atoms with Gasteiger partial charge in [-0.05, 0) is 29.3 Å². The summed E-state index contributed by atoms with van der Waals surface area (Å²) in [4.78, 5) is 8.90. The molecule has 33 heavy (non-hydrogen) atoms. The minimum Gasteiger partial charge on any atom is -0.365 e. The molecule has 4 nitrogen and oxygen atoms in total. The maximum absolute atomic E-state index is 13.3. The van der Waals surface area contributed by atoms with E-state index in [1.165, 1.54) is 12.4 Å². The maximum Gasteiger partial charge on any atom is 0.416 e. The fourth-order valence-corrected chi connectivity index (χ4v) is 3.84. The smallest absolute Gasteiger partial charge is 0.365 e. The number of fused-ring (bicyclic) bond motifs is 1. The Balaban J connectivity index is 1.67. The quantitative estimate of drug-likeness (QED) is 0.327. The molecule has 0 radical (unpaired) electrons. The van der Waals surface area contributed by atoms with Crippen LogP contribution in [-0.2, 0) is 12.7 Å². The van der Waals surface area contributed by atoms with Crippen LogP contribution in [0, 0.1) is 0 Å². The summed E-state index contributed by atoms with van der Waals surface area (Å²) in [5, 5.41) is 4.12. The molecule has 1 N–H and O–H groups in total. The number of alkyl halides is 3. The molecule has 0 aliphatic carbocycles. The summed E-state index contributed by atoms with van der Waals surface area (Å²) in [6, 6.07) is 24.8. The van der Waals surface area contributed by atoms with Gasteiger partial charge in [0.2, 0.25) is 0 Å². The Bertz CT molecular complexity index is 1390. The molecule has 0 spiro atoms. The number of halogens is 3. The number of rotatable bonds is 5. The van der Waals surface area contributed by atoms with E-state index in [1.807, 2.05) is 66.9 Å². The third-order valence-corrected chi connectivity index (χ3v) is 5.42. The molecule has 0 fully saturated rings. The first kappa shape index (κ1) is 20.8. The van der Waals surface area contributed by atoms with Gasteiger partial charge in [0, 0.05) is 24.0 Å². The normalized spacial score (nSPS) is 11.6. The molecule has 0 saturated carbocycles. The van der Waals surface area contributed by atoms with Gasteiger partial charge in [-0.3, -0.25) is 0 Å². The summed E-state index contributed by atoms with van der Waals surface area (Å²) in [5.41, 5.74) is 3.04. The highest BCUT2D eigenvalue weighted by Crippen LogP contribution is 2.36. The highest BCUT2D eigenvalue weighted by atomic mass is 19.4. The van der Waals surface area contributed by atoms with Gasteiger partial charge in [0.05, 0.1) is 10.9 Å². The van der Waals surface area contributed by atoms with E-state index >= 15 is 0 Å². The monoisotopic (exact) mass is 444 g/mol. The Kier molecular flexibility index (Phi) is 5.30. The zero-order valence-electron chi connectivity index (χ0n) is 17.4. The van der Waals surface area contributed by atoms with Gasteiger partial charge >= 0.3 is 6.18 Å². The average Bonchev–Trinajstić information content (AvgIpc) is 3.24. The van der Waals surface area contributed by atoms with Crippen LogP contribution in [0.3, 0.4) is 0 Å². The Morgan fingerprint density at radius 2 is 1.55 bits per heavy atom. The fourth-order valence-electron chi connectivity index (χ4n) is 3.84. The summed E-state index contributed by atoms with van der Waals surface area (Å²) in [5.74, 6) is 0.619. The van der Waals surface area contributed by atoms with E-state index in [1.54, 1.807) is 10.6 Å². The molecule has 5 rings (SSSR count). The minimum atomic E-state index is -4.43. The molecule has 0 amide bonds. The topological polar surface area (TPSA) is 42.7 Å². The van der Waals surface area contributed by atoms with Gasteiger partial charge in [-0.1, -0.05) is 66.7 Å². The first-order chi connectivity index (χ1) is 16.0. The number of hydrogen-bond acceptors (Lipinski definition) is 3. The van der Waals surface area contributed by atoms with E-state index in [2.05, 4.69) is 15.3 Å². The largest absolute Gasteiger partial charge is 0.416 e. The van der Waals surface area contributed by atoms with Gasteiger partial charge in [0.15, 0.2) is 5.65 Å². The third kappa shape index (κ3) is 4.17. The second-order valence-electron chi connectivity index (χ2n) is 7.59. The summed E-state index contributed by atoms with van der Waals surface area (Å²) in [7, 11) is 0. The molecule has 0 unspecified atom stereocenters. The number of hydrogen-bond donors (Lipinski definition) is 1. The summed E-state index contributed by atoms with van der Waals surface area (Å²) in [6.07, 6.45) is -1.19. The fraction of sp³-hybridized carbons (Fsp3) is 0.0769. The van der Waals surface area contributed by atoms with Gasteiger partial charge in [-0.15, -0.1) is 0 Å². The summed E-state index contributed by atoms with van der Waals surface area (Å²) in [6.45, 7) is 0.552. The van der Waals surface area contributed by atoms with Gasteiger partial charge in [-0.25, -0.2) is 9.97 Å². The number of nitrogens with zero attached hydrogens (tertiary/aromatic N) is 3. The lowest BCUT2D eigenvalue weighted by Crippen LogP contribution is -2.06. The van der Waals surface area contributed by atoms with Crippen molar-refractivity contribution in [3.05, 3.63) is 109 Å². The van der Waals surface area contributed by atoms with E-state index in [0.717, 1.165) is 34.2 Å². The Morgan fingerprint density at radius 1 is 0.818 bits per heavy atom.